The minimum absolute atomic E-state index is 0. The number of piperazine rings is 3. The molecule has 0 radical (unpaired) electrons. The number of guanidine groups is 1. The molecule has 6 nitrogen and oxygen atoms in total. The zero-order valence-electron chi connectivity index (χ0n) is 15.4. The summed E-state index contributed by atoms with van der Waals surface area (Å²) in [5.41, 5.74) is 0. The van der Waals surface area contributed by atoms with Gasteiger partial charge in [0.05, 0.1) is 6.54 Å². The van der Waals surface area contributed by atoms with E-state index >= 15 is 0 Å². The lowest BCUT2D eigenvalue weighted by atomic mass is 10.1. The number of fused-ring (bicyclic) bond motifs is 3. The van der Waals surface area contributed by atoms with E-state index in [0.717, 1.165) is 51.6 Å². The molecule has 0 aliphatic carbocycles. The van der Waals surface area contributed by atoms with E-state index in [0.29, 0.717) is 6.04 Å². The second-order valence-corrected chi connectivity index (χ2v) is 6.46. The SMILES string of the molecule is CCCCOCCCNC(=NCC1CN2CCN1CC2)NCC.I. The minimum Gasteiger partial charge on any atom is -0.381 e. The summed E-state index contributed by atoms with van der Waals surface area (Å²) < 4.78 is 5.59. The first-order valence-electron chi connectivity index (χ1n) is 9.39. The van der Waals surface area contributed by atoms with Crippen LogP contribution in [0.3, 0.4) is 0 Å². The Labute approximate surface area is 164 Å². The number of hydrogen-bond acceptors (Lipinski definition) is 4. The molecule has 0 spiro atoms. The first-order chi connectivity index (χ1) is 11.3. The summed E-state index contributed by atoms with van der Waals surface area (Å²) in [6.45, 7) is 14.8. The number of unbranched alkanes of at least 4 members (excludes halogenated alkanes) is 1. The quantitative estimate of drug-likeness (QED) is 0.227. The Morgan fingerprint density at radius 2 is 1.83 bits per heavy atom. The Kier molecular flexibility index (Phi) is 12.0. The van der Waals surface area contributed by atoms with Crippen LogP contribution in [0.4, 0.5) is 0 Å². The first kappa shape index (κ1) is 21.9. The smallest absolute Gasteiger partial charge is 0.191 e. The van der Waals surface area contributed by atoms with Gasteiger partial charge in [-0.1, -0.05) is 13.3 Å². The molecule has 3 saturated heterocycles. The maximum absolute atomic E-state index is 5.59. The van der Waals surface area contributed by atoms with Crippen molar-refractivity contribution in [2.75, 3.05) is 65.6 Å². The molecular weight excluding hydrogens is 417 g/mol. The van der Waals surface area contributed by atoms with Crippen LogP contribution >= 0.6 is 24.0 Å². The second-order valence-electron chi connectivity index (χ2n) is 6.46. The highest BCUT2D eigenvalue weighted by Crippen LogP contribution is 2.15. The summed E-state index contributed by atoms with van der Waals surface area (Å²) in [6, 6.07) is 0.588. The van der Waals surface area contributed by atoms with Crippen molar-refractivity contribution in [1.29, 1.82) is 0 Å². The monoisotopic (exact) mass is 453 g/mol. The van der Waals surface area contributed by atoms with E-state index in [1.807, 2.05) is 0 Å². The van der Waals surface area contributed by atoms with Crippen molar-refractivity contribution in [2.45, 2.75) is 39.2 Å². The fraction of sp³-hybridized carbons (Fsp3) is 0.941. The molecule has 1 atom stereocenters. The Balaban J connectivity index is 0.00000288. The molecule has 142 valence electrons. The predicted octanol–water partition coefficient (Wildman–Crippen LogP) is 1.37. The third kappa shape index (κ3) is 7.84. The zero-order valence-corrected chi connectivity index (χ0v) is 17.8. The third-order valence-corrected chi connectivity index (χ3v) is 4.60. The molecule has 3 aliphatic heterocycles. The summed E-state index contributed by atoms with van der Waals surface area (Å²) >= 11 is 0. The molecule has 0 aromatic carbocycles. The molecule has 24 heavy (non-hydrogen) atoms. The number of nitrogens with one attached hydrogen (secondary N) is 2. The fourth-order valence-electron chi connectivity index (χ4n) is 3.17. The zero-order chi connectivity index (χ0) is 16.3. The fourth-order valence-corrected chi connectivity index (χ4v) is 3.17. The Hall–Kier alpha value is -0.120. The van der Waals surface area contributed by atoms with Gasteiger partial charge in [-0.15, -0.1) is 24.0 Å². The van der Waals surface area contributed by atoms with E-state index in [9.17, 15) is 0 Å². The van der Waals surface area contributed by atoms with Crippen LogP contribution in [0, 0.1) is 0 Å². The van der Waals surface area contributed by atoms with Crippen LogP contribution in [0.2, 0.25) is 0 Å². The van der Waals surface area contributed by atoms with Crippen LogP contribution in [0.5, 0.6) is 0 Å². The molecule has 3 aliphatic rings. The lowest BCUT2D eigenvalue weighted by molar-refractivity contribution is 0.0174. The van der Waals surface area contributed by atoms with Crippen molar-refractivity contribution in [2.24, 2.45) is 4.99 Å². The molecule has 7 heteroatoms. The van der Waals surface area contributed by atoms with Gasteiger partial charge in [-0.3, -0.25) is 14.8 Å². The highest BCUT2D eigenvalue weighted by atomic mass is 127. The summed E-state index contributed by atoms with van der Waals surface area (Å²) in [5, 5.41) is 6.77. The van der Waals surface area contributed by atoms with E-state index in [1.165, 1.54) is 39.1 Å². The molecule has 3 fully saturated rings. The van der Waals surface area contributed by atoms with Gasteiger partial charge in [0.1, 0.15) is 0 Å². The molecule has 2 bridgehead atoms. The molecule has 3 rings (SSSR count). The Morgan fingerprint density at radius 1 is 1.08 bits per heavy atom. The molecule has 0 aromatic rings. The number of nitrogens with zero attached hydrogens (tertiary/aromatic N) is 3. The van der Waals surface area contributed by atoms with Crippen molar-refractivity contribution in [3.05, 3.63) is 0 Å². The van der Waals surface area contributed by atoms with E-state index in [4.69, 9.17) is 9.73 Å². The Bertz CT molecular complexity index is 348. The van der Waals surface area contributed by atoms with E-state index in [-0.39, 0.29) is 24.0 Å². The van der Waals surface area contributed by atoms with Gasteiger partial charge in [0, 0.05) is 65.1 Å². The van der Waals surface area contributed by atoms with Gasteiger partial charge in [-0.25, -0.2) is 0 Å². The third-order valence-electron chi connectivity index (χ3n) is 4.60. The predicted molar refractivity (Wildman–Crippen MR) is 112 cm³/mol. The van der Waals surface area contributed by atoms with Crippen molar-refractivity contribution in [3.8, 4) is 0 Å². The van der Waals surface area contributed by atoms with Crippen LogP contribution in [0.1, 0.15) is 33.1 Å². The first-order valence-corrected chi connectivity index (χ1v) is 9.39. The van der Waals surface area contributed by atoms with Gasteiger partial charge in [0.25, 0.3) is 0 Å². The lowest BCUT2D eigenvalue weighted by Crippen LogP contribution is -2.62. The summed E-state index contributed by atoms with van der Waals surface area (Å²) in [7, 11) is 0. The highest BCUT2D eigenvalue weighted by molar-refractivity contribution is 14.0. The lowest BCUT2D eigenvalue weighted by Gasteiger charge is -2.47. The van der Waals surface area contributed by atoms with Gasteiger partial charge in [-0.2, -0.15) is 0 Å². The largest absolute Gasteiger partial charge is 0.381 e. The van der Waals surface area contributed by atoms with Crippen LogP contribution in [-0.2, 0) is 4.74 Å². The number of halogens is 1. The van der Waals surface area contributed by atoms with Crippen molar-refractivity contribution < 1.29 is 4.74 Å². The maximum Gasteiger partial charge on any atom is 0.191 e. The molecule has 3 heterocycles. The number of ether oxygens (including phenoxy) is 1. The molecule has 0 amide bonds. The highest BCUT2D eigenvalue weighted by Gasteiger charge is 2.31. The van der Waals surface area contributed by atoms with Crippen LogP contribution in [0.25, 0.3) is 0 Å². The molecule has 0 saturated carbocycles. The van der Waals surface area contributed by atoms with Crippen LogP contribution < -0.4 is 10.6 Å². The summed E-state index contributed by atoms with van der Waals surface area (Å²) in [5.74, 6) is 0.943. The molecule has 0 aromatic heterocycles. The average Bonchev–Trinajstić information content (AvgIpc) is 2.60. The normalized spacial score (nSPS) is 26.1. The second kappa shape index (κ2) is 13.1. The van der Waals surface area contributed by atoms with E-state index in [2.05, 4.69) is 34.3 Å². The number of aliphatic imine (C=N–C) groups is 1. The van der Waals surface area contributed by atoms with Gasteiger partial charge < -0.3 is 15.4 Å². The number of rotatable bonds is 10. The summed E-state index contributed by atoms with van der Waals surface area (Å²) in [6.07, 6.45) is 3.38. The Morgan fingerprint density at radius 3 is 2.46 bits per heavy atom. The molecule has 1 unspecified atom stereocenters. The standard InChI is InChI=1S/C17H35N5O.HI/c1-3-5-12-23-13-6-7-19-17(18-4-2)20-14-16-15-21-8-10-22(16)11-9-21;/h16H,3-15H2,1-2H3,(H2,18,19,20);1H. The average molecular weight is 453 g/mol. The van der Waals surface area contributed by atoms with Crippen molar-refractivity contribution in [3.63, 3.8) is 0 Å². The maximum atomic E-state index is 5.59. The molecular formula is C17H36IN5O. The van der Waals surface area contributed by atoms with Gasteiger partial charge in [-0.05, 0) is 19.8 Å². The van der Waals surface area contributed by atoms with Crippen LogP contribution in [-0.4, -0.2) is 87.4 Å². The van der Waals surface area contributed by atoms with Crippen molar-refractivity contribution in [1.82, 2.24) is 20.4 Å². The number of hydrogen-bond donors (Lipinski definition) is 2. The van der Waals surface area contributed by atoms with E-state index in [1.54, 1.807) is 0 Å². The molecule has 2 N–H and O–H groups in total. The van der Waals surface area contributed by atoms with Gasteiger partial charge in [0.15, 0.2) is 5.96 Å². The minimum atomic E-state index is 0. The summed E-state index contributed by atoms with van der Waals surface area (Å²) in [4.78, 5) is 9.94. The van der Waals surface area contributed by atoms with Gasteiger partial charge in [0.2, 0.25) is 0 Å². The van der Waals surface area contributed by atoms with E-state index < -0.39 is 0 Å². The van der Waals surface area contributed by atoms with Crippen LogP contribution in [0.15, 0.2) is 4.99 Å². The van der Waals surface area contributed by atoms with Crippen molar-refractivity contribution >= 4 is 29.9 Å². The van der Waals surface area contributed by atoms with Gasteiger partial charge >= 0.3 is 0 Å². The topological polar surface area (TPSA) is 52.1 Å².